The highest BCUT2D eigenvalue weighted by atomic mass is 32.1. The van der Waals surface area contributed by atoms with Crippen LogP contribution in [0.4, 0.5) is 0 Å². The van der Waals surface area contributed by atoms with Crippen molar-refractivity contribution < 1.29 is 14.7 Å². The molecule has 3 rings (SSSR count). The van der Waals surface area contributed by atoms with Crippen LogP contribution in [0.2, 0.25) is 0 Å². The Labute approximate surface area is 126 Å². The quantitative estimate of drug-likeness (QED) is 0.886. The van der Waals surface area contributed by atoms with Gasteiger partial charge in [0.2, 0.25) is 0 Å². The average molecular weight is 299 g/mol. The topological polar surface area (TPSA) is 57.6 Å². The number of carboxylic acids is 1. The van der Waals surface area contributed by atoms with Gasteiger partial charge in [-0.25, -0.2) is 4.79 Å². The van der Waals surface area contributed by atoms with Crippen molar-refractivity contribution in [3.8, 4) is 0 Å². The van der Waals surface area contributed by atoms with E-state index < -0.39 is 5.97 Å². The summed E-state index contributed by atoms with van der Waals surface area (Å²) in [7, 11) is 0. The molecule has 0 spiro atoms. The van der Waals surface area contributed by atoms with Crippen molar-refractivity contribution in [2.24, 2.45) is 0 Å². The lowest BCUT2D eigenvalue weighted by atomic mass is 10.1. The third kappa shape index (κ3) is 2.87. The molecule has 1 aromatic heterocycles. The number of aliphatic carboxylic acids is 1. The summed E-state index contributed by atoms with van der Waals surface area (Å²) < 4.78 is 0. The molecule has 0 saturated heterocycles. The number of rotatable bonds is 3. The van der Waals surface area contributed by atoms with Gasteiger partial charge in [-0.2, -0.15) is 0 Å². The third-order valence-corrected chi connectivity index (χ3v) is 4.39. The van der Waals surface area contributed by atoms with Gasteiger partial charge >= 0.3 is 5.97 Å². The fraction of sp³-hybridized carbons (Fsp3) is 0.125. The van der Waals surface area contributed by atoms with E-state index in [1.165, 1.54) is 28.5 Å². The molecule has 0 fully saturated rings. The third-order valence-electron chi connectivity index (χ3n) is 3.36. The highest BCUT2D eigenvalue weighted by Gasteiger charge is 2.24. The first-order valence-corrected chi connectivity index (χ1v) is 7.32. The number of amides is 1. The molecule has 1 aliphatic rings. The Bertz CT molecular complexity index is 708. The number of hydrogen-bond donors (Lipinski definition) is 1. The zero-order valence-corrected chi connectivity index (χ0v) is 12.0. The second-order valence-corrected chi connectivity index (χ2v) is 5.92. The molecule has 1 amide bonds. The Kier molecular flexibility index (Phi) is 3.58. The zero-order chi connectivity index (χ0) is 14.8. The minimum Gasteiger partial charge on any atom is -0.478 e. The maximum atomic E-state index is 12.5. The van der Waals surface area contributed by atoms with Crippen LogP contribution >= 0.6 is 11.3 Å². The van der Waals surface area contributed by atoms with E-state index in [9.17, 15) is 9.59 Å². The normalized spacial score (nSPS) is 13.6. The lowest BCUT2D eigenvalue weighted by molar-refractivity contribution is -0.131. The Morgan fingerprint density at radius 1 is 1.10 bits per heavy atom. The van der Waals surface area contributed by atoms with Crippen LogP contribution in [0.3, 0.4) is 0 Å². The number of carbonyl (C=O) groups excluding carboxylic acids is 1. The van der Waals surface area contributed by atoms with E-state index in [0.717, 1.165) is 11.0 Å². The number of hydrogen-bond acceptors (Lipinski definition) is 3. The lowest BCUT2D eigenvalue weighted by Gasteiger charge is -2.13. The molecule has 0 saturated carbocycles. The summed E-state index contributed by atoms with van der Waals surface area (Å²) in [4.78, 5) is 26.2. The van der Waals surface area contributed by atoms with Crippen LogP contribution in [0.25, 0.3) is 6.08 Å². The summed E-state index contributed by atoms with van der Waals surface area (Å²) in [5.41, 5.74) is 2.38. The van der Waals surface area contributed by atoms with Gasteiger partial charge in [0.15, 0.2) is 0 Å². The predicted octanol–water partition coefficient (Wildman–Crippen LogP) is 3.00. The average Bonchev–Trinajstić information content (AvgIpc) is 3.11. The first-order valence-electron chi connectivity index (χ1n) is 6.50. The van der Waals surface area contributed by atoms with Crippen LogP contribution in [0.15, 0.2) is 42.5 Å². The molecule has 4 nitrogen and oxygen atoms in total. The monoisotopic (exact) mass is 299 g/mol. The van der Waals surface area contributed by atoms with E-state index in [0.29, 0.717) is 18.0 Å². The molecule has 0 bridgehead atoms. The maximum Gasteiger partial charge on any atom is 0.328 e. The molecule has 2 aromatic rings. The fourth-order valence-electron chi connectivity index (χ4n) is 2.34. The van der Waals surface area contributed by atoms with Crippen molar-refractivity contribution in [2.75, 3.05) is 0 Å². The second kappa shape index (κ2) is 5.54. The molecule has 21 heavy (non-hydrogen) atoms. The van der Waals surface area contributed by atoms with Crippen molar-refractivity contribution in [1.82, 2.24) is 4.90 Å². The van der Waals surface area contributed by atoms with Crippen molar-refractivity contribution in [3.63, 3.8) is 0 Å². The summed E-state index contributed by atoms with van der Waals surface area (Å²) in [6.45, 7) is 1.26. The Hall–Kier alpha value is -2.40. The van der Waals surface area contributed by atoms with Crippen LogP contribution in [0.1, 0.15) is 25.7 Å². The van der Waals surface area contributed by atoms with Crippen molar-refractivity contribution in [3.05, 3.63) is 63.4 Å². The van der Waals surface area contributed by atoms with Crippen LogP contribution in [-0.2, 0) is 17.9 Å². The Morgan fingerprint density at radius 2 is 1.76 bits per heavy atom. The van der Waals surface area contributed by atoms with E-state index in [-0.39, 0.29) is 5.91 Å². The molecule has 1 N–H and O–H groups in total. The minimum atomic E-state index is -0.994. The number of nitrogens with zero attached hydrogens (tertiary/aromatic N) is 1. The lowest BCUT2D eigenvalue weighted by Crippen LogP contribution is -2.24. The van der Waals surface area contributed by atoms with E-state index in [1.54, 1.807) is 17.0 Å². The molecule has 106 valence electrons. The van der Waals surface area contributed by atoms with Gasteiger partial charge in [0.1, 0.15) is 0 Å². The van der Waals surface area contributed by atoms with Gasteiger partial charge in [0, 0.05) is 24.0 Å². The van der Waals surface area contributed by atoms with Gasteiger partial charge in [-0.15, -0.1) is 11.3 Å². The molecule has 0 unspecified atom stereocenters. The Morgan fingerprint density at radius 3 is 2.38 bits per heavy atom. The summed E-state index contributed by atoms with van der Waals surface area (Å²) in [5, 5.41) is 8.61. The van der Waals surface area contributed by atoms with E-state index in [4.69, 9.17) is 5.11 Å². The largest absolute Gasteiger partial charge is 0.478 e. The summed E-state index contributed by atoms with van der Waals surface area (Å²) in [6.07, 6.45) is 2.58. The van der Waals surface area contributed by atoms with Crippen LogP contribution in [0, 0.1) is 0 Å². The van der Waals surface area contributed by atoms with Crippen molar-refractivity contribution >= 4 is 29.3 Å². The van der Waals surface area contributed by atoms with Gasteiger partial charge in [0.05, 0.1) is 4.88 Å². The molecular weight excluding hydrogens is 286 g/mol. The molecule has 5 heteroatoms. The first-order chi connectivity index (χ1) is 10.1. The van der Waals surface area contributed by atoms with Gasteiger partial charge in [-0.1, -0.05) is 24.3 Å². The zero-order valence-electron chi connectivity index (χ0n) is 11.2. The number of benzene rings is 1. The highest BCUT2D eigenvalue weighted by molar-refractivity contribution is 7.14. The number of thiophene rings is 1. The van der Waals surface area contributed by atoms with Gasteiger partial charge in [-0.05, 0) is 29.3 Å². The smallest absolute Gasteiger partial charge is 0.328 e. The van der Waals surface area contributed by atoms with Crippen LogP contribution < -0.4 is 0 Å². The van der Waals surface area contributed by atoms with Crippen LogP contribution in [-0.4, -0.2) is 21.9 Å². The van der Waals surface area contributed by atoms with Crippen molar-refractivity contribution in [1.29, 1.82) is 0 Å². The summed E-state index contributed by atoms with van der Waals surface area (Å²) in [5.74, 6) is -1.00. The molecule has 0 radical (unpaired) electrons. The number of carboxylic acid groups (broad SMARTS) is 1. The minimum absolute atomic E-state index is 0.00817. The van der Waals surface area contributed by atoms with Crippen molar-refractivity contribution in [2.45, 2.75) is 13.1 Å². The first kappa shape index (κ1) is 13.6. The fourth-order valence-corrected chi connectivity index (χ4v) is 3.22. The molecule has 2 heterocycles. The molecule has 1 aliphatic heterocycles. The number of fused-ring (bicyclic) bond motifs is 1. The number of carbonyl (C=O) groups is 2. The molecular formula is C16H13NO3S. The summed E-state index contributed by atoms with van der Waals surface area (Å²) >= 11 is 1.31. The van der Waals surface area contributed by atoms with E-state index >= 15 is 0 Å². The van der Waals surface area contributed by atoms with E-state index in [2.05, 4.69) is 0 Å². The molecule has 0 atom stereocenters. The second-order valence-electron chi connectivity index (χ2n) is 4.80. The van der Waals surface area contributed by atoms with E-state index in [1.807, 2.05) is 24.3 Å². The standard InChI is InChI=1S/C16H13NO3S/c18-15(19)8-6-13-5-7-14(21-13)16(20)17-9-11-3-1-2-4-12(11)10-17/h1-8H,9-10H2,(H,18,19). The summed E-state index contributed by atoms with van der Waals surface area (Å²) in [6, 6.07) is 11.5. The highest BCUT2D eigenvalue weighted by Crippen LogP contribution is 2.26. The maximum absolute atomic E-state index is 12.5. The van der Waals surface area contributed by atoms with Crippen LogP contribution in [0.5, 0.6) is 0 Å². The van der Waals surface area contributed by atoms with Gasteiger partial charge in [-0.3, -0.25) is 4.79 Å². The molecule has 1 aromatic carbocycles. The molecule has 0 aliphatic carbocycles. The SMILES string of the molecule is O=C(O)C=Cc1ccc(C(=O)N2Cc3ccccc3C2)s1. The van der Waals surface area contributed by atoms with Gasteiger partial charge in [0.25, 0.3) is 5.91 Å². The Balaban J connectivity index is 1.74. The van der Waals surface area contributed by atoms with Gasteiger partial charge < -0.3 is 10.0 Å². The predicted molar refractivity (Wildman–Crippen MR) is 81.0 cm³/mol.